The van der Waals surface area contributed by atoms with Gasteiger partial charge in [0, 0.05) is 32.1 Å². The first-order valence-corrected chi connectivity index (χ1v) is 31.1. The average molecular weight is 1240 g/mol. The van der Waals surface area contributed by atoms with Crippen molar-refractivity contribution in [3.63, 3.8) is 0 Å². The van der Waals surface area contributed by atoms with Crippen molar-refractivity contribution in [1.82, 2.24) is 59.9 Å². The second kappa shape index (κ2) is 27.2. The van der Waals surface area contributed by atoms with Crippen molar-refractivity contribution in [3.05, 3.63) is 55.1 Å². The third-order valence-corrected chi connectivity index (χ3v) is 16.4. The van der Waals surface area contributed by atoms with Crippen molar-refractivity contribution in [1.29, 1.82) is 0 Å². The van der Waals surface area contributed by atoms with E-state index < -0.39 is 119 Å². The van der Waals surface area contributed by atoms with Crippen LogP contribution in [0.1, 0.15) is 64.5 Å². The molecule has 3 saturated heterocycles. The number of aromatic nitrogens is 8. The number of amides is 6. The zero-order valence-corrected chi connectivity index (χ0v) is 48.5. The first-order chi connectivity index (χ1) is 39.5. The molecule has 450 valence electrons. The molecule has 4 aromatic heterocycles. The van der Waals surface area contributed by atoms with Gasteiger partial charge in [0.25, 0.3) is 0 Å². The van der Waals surface area contributed by atoms with Crippen molar-refractivity contribution in [2.24, 2.45) is 11.7 Å². The highest BCUT2D eigenvalue weighted by Gasteiger charge is 2.54. The van der Waals surface area contributed by atoms with Crippen molar-refractivity contribution < 1.29 is 79.7 Å². The van der Waals surface area contributed by atoms with Gasteiger partial charge in [0.2, 0.25) is 17.7 Å². The first kappa shape index (κ1) is 62.1. The van der Waals surface area contributed by atoms with Gasteiger partial charge in [-0.2, -0.15) is 0 Å². The molecule has 11 atom stereocenters. The Morgan fingerprint density at radius 3 is 2.11 bits per heavy atom. The van der Waals surface area contributed by atoms with Crippen molar-refractivity contribution in [2.75, 3.05) is 56.7 Å². The van der Waals surface area contributed by atoms with E-state index in [1.54, 1.807) is 49.6 Å². The number of imidazole rings is 2. The summed E-state index contributed by atoms with van der Waals surface area (Å²) in [5.74, 6) is -1.63. The van der Waals surface area contributed by atoms with Crippen molar-refractivity contribution >= 4 is 114 Å². The summed E-state index contributed by atoms with van der Waals surface area (Å²) in [6, 6.07) is 3.58. The monoisotopic (exact) mass is 1240 g/mol. The third kappa shape index (κ3) is 15.8. The number of thiol groups is 2. The highest BCUT2D eigenvalue weighted by Crippen LogP contribution is 2.60. The molecule has 3 fully saturated rings. The van der Waals surface area contributed by atoms with Gasteiger partial charge in [-0.1, -0.05) is 57.4 Å². The molecule has 37 heteroatoms. The lowest BCUT2D eigenvalue weighted by molar-refractivity contribution is -0.132. The Balaban J connectivity index is 0.879. The Hall–Kier alpha value is -6.94. The molecule has 0 unspecified atom stereocenters. The molecule has 3 aliphatic heterocycles. The van der Waals surface area contributed by atoms with Crippen LogP contribution in [0.2, 0.25) is 0 Å². The zero-order valence-electron chi connectivity index (χ0n) is 44.9. The van der Waals surface area contributed by atoms with Crippen LogP contribution >= 0.6 is 38.1 Å². The number of nitrogens with one attached hydrogen (secondary N) is 4. The van der Waals surface area contributed by atoms with E-state index in [-0.39, 0.29) is 80.0 Å². The fraction of sp³-hybridized carbons (Fsp3) is 0.522. The standard InChI is InChI=1S/C46H62N16O17P2S2/c1-5-30(63)59-32(23(2)3)42(65)58-26(7-6-12-50-44(49)66)41(64)57-25-10-8-24(9-11-25)16-72-45(67)60(4)13-14-71-46(68)77-36-35-29(76-43(36)62-22-56-34-38(48)52-20-54-40(34)62)18-74-80(69,82)78-27-15-31(75-28(27)17-73-81(70,83)79-35)61-21-55-33-37(47)51-19-53-39(33)61/h8-11,19-23,26-29,31-32,35-36,43H,5-7,12-18H2,1-4H3,(H,57,64)(H,58,65)(H,59,63)(H,69,82)(H,70,83)(H2,47,51,53)(H2,48,52,54)(H3,49,50,66)/t26-,27-,28+,29+,31+,32-,35+,36+,43+,80+,81+/m0/s1. The van der Waals surface area contributed by atoms with Gasteiger partial charge in [-0.25, -0.2) is 53.4 Å². The molecule has 7 heterocycles. The molecule has 6 amide bonds. The number of nitrogens with two attached hydrogens (primary N) is 3. The predicted molar refractivity (Wildman–Crippen MR) is 297 cm³/mol. The fourth-order valence-corrected chi connectivity index (χ4v) is 11.8. The SMILES string of the molecule is CCC(=O)N[C@H](C(=O)N[C@@H](CCCNC(N)=O)C(=O)Nc1ccc(COC(=O)N(C)CCOC(=O)O[C@@H]2[C@@H]3O[P@](=O)(S)OC[C@H]4O[C@@H](n5cnc6c(N)ncnc65)C[C@@H]4O[P@](=O)(S)OC[C@H]3O[C@H]2n2cnc3c(N)ncnc32)cc1)C(C)C. The second-order valence-corrected chi connectivity index (χ2v) is 25.1. The van der Waals surface area contributed by atoms with Gasteiger partial charge in [0.1, 0.15) is 79.6 Å². The van der Waals surface area contributed by atoms with E-state index in [0.29, 0.717) is 22.4 Å². The average Bonchev–Trinajstić information content (AvgIpc) is 2.63. The molecule has 5 aromatic rings. The number of nitrogens with zero attached hydrogens (tertiary/aromatic N) is 9. The highest BCUT2D eigenvalue weighted by atomic mass is 32.7. The maximum absolute atomic E-state index is 14.2. The second-order valence-electron chi connectivity index (χ2n) is 19.3. The molecule has 33 nitrogen and oxygen atoms in total. The maximum atomic E-state index is 14.2. The lowest BCUT2D eigenvalue weighted by Gasteiger charge is -2.29. The van der Waals surface area contributed by atoms with Crippen LogP contribution in [-0.4, -0.2) is 163 Å². The number of hydrogen-bond donors (Lipinski definition) is 9. The molecule has 1 aromatic carbocycles. The summed E-state index contributed by atoms with van der Waals surface area (Å²) in [5, 5.41) is 10.6. The largest absolute Gasteiger partial charge is 0.508 e. The first-order valence-electron chi connectivity index (χ1n) is 25.7. The minimum Gasteiger partial charge on any atom is -0.445 e. The van der Waals surface area contributed by atoms with Crippen LogP contribution in [-0.2, 0) is 71.9 Å². The minimum atomic E-state index is -4.50. The summed E-state index contributed by atoms with van der Waals surface area (Å²) in [6.45, 7) is -5.50. The van der Waals surface area contributed by atoms with Gasteiger partial charge in [-0.3, -0.25) is 41.6 Å². The normalized spacial score (nSPS) is 25.2. The minimum absolute atomic E-state index is 0.00290. The molecule has 83 heavy (non-hydrogen) atoms. The predicted octanol–water partition coefficient (Wildman–Crippen LogP) is 3.12. The van der Waals surface area contributed by atoms with E-state index in [9.17, 15) is 37.9 Å². The van der Waals surface area contributed by atoms with E-state index in [0.717, 1.165) is 11.2 Å². The molecule has 8 rings (SSSR count). The van der Waals surface area contributed by atoms with Gasteiger partial charge in [0.05, 0.1) is 32.4 Å². The molecule has 3 aliphatic rings. The summed E-state index contributed by atoms with van der Waals surface area (Å²) in [4.78, 5) is 103. The van der Waals surface area contributed by atoms with Gasteiger partial charge < -0.3 is 67.1 Å². The van der Waals surface area contributed by atoms with Crippen LogP contribution in [0.5, 0.6) is 0 Å². The number of primary amides is 1. The van der Waals surface area contributed by atoms with Crippen LogP contribution in [0.25, 0.3) is 22.3 Å². The molecule has 0 bridgehead atoms. The number of carbonyl (C=O) groups excluding carboxylic acids is 6. The van der Waals surface area contributed by atoms with Crippen LogP contribution in [0.4, 0.5) is 31.7 Å². The van der Waals surface area contributed by atoms with Crippen LogP contribution in [0, 0.1) is 5.92 Å². The number of hydrogen-bond acceptors (Lipinski definition) is 25. The Bertz CT molecular complexity index is 3270. The van der Waals surface area contributed by atoms with E-state index in [1.807, 2.05) is 0 Å². The molecule has 0 aliphatic carbocycles. The van der Waals surface area contributed by atoms with Crippen LogP contribution in [0.3, 0.4) is 0 Å². The fourth-order valence-electron chi connectivity index (χ4n) is 8.84. The molecule has 0 saturated carbocycles. The number of likely N-dealkylation sites (N-methyl/N-ethyl adjacent to an activating group) is 1. The van der Waals surface area contributed by atoms with Crippen LogP contribution in [0.15, 0.2) is 49.6 Å². The summed E-state index contributed by atoms with van der Waals surface area (Å²) in [6.07, 6.45) is -5.36. The molecule has 10 N–H and O–H groups in total. The smallest absolute Gasteiger partial charge is 0.445 e. The number of urea groups is 1. The van der Waals surface area contributed by atoms with Gasteiger partial charge >= 0.3 is 31.9 Å². The summed E-state index contributed by atoms with van der Waals surface area (Å²) >= 11 is 8.50. The molecule has 0 spiro atoms. The van der Waals surface area contributed by atoms with Crippen molar-refractivity contribution in [2.45, 2.75) is 108 Å². The number of fused-ring (bicyclic) bond motifs is 4. The third-order valence-electron chi connectivity index (χ3n) is 13.1. The number of rotatable bonds is 19. The number of anilines is 3. The zero-order chi connectivity index (χ0) is 59.8. The highest BCUT2D eigenvalue weighted by molar-refractivity contribution is 8.44. The Morgan fingerprint density at radius 2 is 1.46 bits per heavy atom. The van der Waals surface area contributed by atoms with E-state index in [4.69, 9.17) is 59.0 Å². The summed E-state index contributed by atoms with van der Waals surface area (Å²) < 4.78 is 83.7. The number of benzene rings is 1. The van der Waals surface area contributed by atoms with Gasteiger partial charge in [-0.05, 0) is 36.5 Å². The molecular weight excluding hydrogens is 1170 g/mol. The van der Waals surface area contributed by atoms with Gasteiger partial charge in [0.15, 0.2) is 35.3 Å². The lowest BCUT2D eigenvalue weighted by Crippen LogP contribution is -2.54. The topological polar surface area (TPSA) is 436 Å². The summed E-state index contributed by atoms with van der Waals surface area (Å²) in [7, 11) is 1.38. The lowest BCUT2D eigenvalue weighted by atomic mass is 10.0. The maximum Gasteiger partial charge on any atom is 0.508 e. The van der Waals surface area contributed by atoms with E-state index >= 15 is 0 Å². The Morgan fingerprint density at radius 1 is 0.819 bits per heavy atom. The van der Waals surface area contributed by atoms with E-state index in [2.05, 4.69) is 75.7 Å². The van der Waals surface area contributed by atoms with Crippen LogP contribution < -0.4 is 38.5 Å². The molecule has 0 radical (unpaired) electrons. The summed E-state index contributed by atoms with van der Waals surface area (Å²) in [5.41, 5.74) is 19.0. The Kier molecular flexibility index (Phi) is 20.3. The number of ether oxygens (including phenoxy) is 5. The Labute approximate surface area is 483 Å². The number of carbonyl (C=O) groups is 6. The van der Waals surface area contributed by atoms with Gasteiger partial charge in [-0.15, -0.1) is 0 Å². The van der Waals surface area contributed by atoms with E-state index in [1.165, 1.54) is 30.6 Å². The number of nitrogen functional groups attached to an aromatic ring is 2. The molecular formula is C46H62N16O17P2S2. The quantitative estimate of drug-likeness (QED) is 0.0248. The van der Waals surface area contributed by atoms with Crippen molar-refractivity contribution in [3.8, 4) is 0 Å².